The fourth-order valence-electron chi connectivity index (χ4n) is 6.39. The van der Waals surface area contributed by atoms with Crippen molar-refractivity contribution in [1.82, 2.24) is 15.1 Å². The van der Waals surface area contributed by atoms with Crippen molar-refractivity contribution in [3.63, 3.8) is 0 Å². The van der Waals surface area contributed by atoms with E-state index in [9.17, 15) is 36.7 Å². The van der Waals surface area contributed by atoms with Crippen LogP contribution in [0.1, 0.15) is 49.0 Å². The third-order valence-corrected chi connectivity index (χ3v) is 9.15. The van der Waals surface area contributed by atoms with Gasteiger partial charge in [0, 0.05) is 32.2 Å². The summed E-state index contributed by atoms with van der Waals surface area (Å²) < 4.78 is 59.7. The molecule has 0 bridgehead atoms. The highest BCUT2D eigenvalue weighted by atomic mass is 19.4. The molecular formula is C35H38F4N4O5. The number of allylic oxidation sites excluding steroid dienone is 3. The number of esters is 1. The first-order valence-electron chi connectivity index (χ1n) is 15.8. The van der Waals surface area contributed by atoms with Crippen molar-refractivity contribution < 1.29 is 41.5 Å². The van der Waals surface area contributed by atoms with Crippen LogP contribution < -0.4 is 10.2 Å². The minimum Gasteiger partial charge on any atom is -0.457 e. The molecule has 2 aliphatic heterocycles. The Kier molecular flexibility index (Phi) is 9.97. The zero-order valence-corrected chi connectivity index (χ0v) is 26.9. The third-order valence-electron chi connectivity index (χ3n) is 9.15. The second-order valence-electron chi connectivity index (χ2n) is 12.7. The van der Waals surface area contributed by atoms with Crippen molar-refractivity contribution >= 4 is 29.4 Å². The average Bonchev–Trinajstić information content (AvgIpc) is 3.30. The Balaban J connectivity index is 1.25. The Labute approximate surface area is 276 Å². The number of hydrogen-bond acceptors (Lipinski definition) is 6. The van der Waals surface area contributed by atoms with Gasteiger partial charge in [-0.25, -0.2) is 9.18 Å². The molecule has 5 rings (SSSR count). The lowest BCUT2D eigenvalue weighted by atomic mass is 9.85. The largest absolute Gasteiger partial charge is 0.457 e. The molecule has 2 aromatic rings. The highest BCUT2D eigenvalue weighted by molar-refractivity contribution is 5.99. The molecule has 2 atom stereocenters. The van der Waals surface area contributed by atoms with Crippen LogP contribution in [0, 0.1) is 5.92 Å². The van der Waals surface area contributed by atoms with Crippen LogP contribution in [0.5, 0.6) is 0 Å². The van der Waals surface area contributed by atoms with Gasteiger partial charge < -0.3 is 24.8 Å². The maximum atomic E-state index is 14.5. The number of hydrogen-bond donors (Lipinski definition) is 1. The van der Waals surface area contributed by atoms with Gasteiger partial charge in [-0.3, -0.25) is 14.4 Å². The van der Waals surface area contributed by atoms with Gasteiger partial charge >= 0.3 is 12.1 Å². The molecule has 3 aliphatic rings. The molecule has 0 saturated carbocycles. The lowest BCUT2D eigenvalue weighted by Gasteiger charge is -2.44. The molecule has 3 amide bonds. The van der Waals surface area contributed by atoms with Crippen molar-refractivity contribution in [2.45, 2.75) is 63.6 Å². The van der Waals surface area contributed by atoms with Gasteiger partial charge in [0.1, 0.15) is 24.4 Å². The zero-order chi connectivity index (χ0) is 34.8. The number of piperidine rings is 1. The Morgan fingerprint density at radius 1 is 1.02 bits per heavy atom. The van der Waals surface area contributed by atoms with Crippen molar-refractivity contribution in [1.29, 1.82) is 0 Å². The first-order chi connectivity index (χ1) is 22.7. The molecule has 2 saturated heterocycles. The number of carbonyl (C=O) groups excluding carboxylic acids is 4. The van der Waals surface area contributed by atoms with Gasteiger partial charge in [0.2, 0.25) is 11.8 Å². The highest BCUT2D eigenvalue weighted by Gasteiger charge is 2.53. The van der Waals surface area contributed by atoms with Crippen molar-refractivity contribution in [2.75, 3.05) is 31.7 Å². The van der Waals surface area contributed by atoms with Crippen LogP contribution in [0.4, 0.5) is 23.2 Å². The molecule has 1 N–H and O–H groups in total. The molecule has 0 radical (unpaired) electrons. The zero-order valence-electron chi connectivity index (χ0n) is 26.9. The van der Waals surface area contributed by atoms with Crippen LogP contribution in [0.25, 0.3) is 0 Å². The van der Waals surface area contributed by atoms with Crippen LogP contribution in [-0.4, -0.2) is 84.2 Å². The Bertz CT molecular complexity index is 1600. The Hall–Kier alpha value is -4.68. The SMILES string of the molecule is CC(C)[C@@H](NC(=O)C1=CC(C(F)(F)F)=CCC1F)C(=O)N1CCC2(CC1)C(=O)N(C)CN2c1ccc(C(=O)OCc2ccccc2)cc1. The number of benzene rings is 2. The maximum absolute atomic E-state index is 14.5. The monoisotopic (exact) mass is 670 g/mol. The van der Waals surface area contributed by atoms with E-state index < -0.39 is 65.2 Å². The summed E-state index contributed by atoms with van der Waals surface area (Å²) in [5.74, 6) is -2.57. The van der Waals surface area contributed by atoms with E-state index >= 15 is 0 Å². The molecule has 2 heterocycles. The first kappa shape index (κ1) is 34.6. The molecule has 2 fully saturated rings. The first-order valence-corrected chi connectivity index (χ1v) is 15.8. The summed E-state index contributed by atoms with van der Waals surface area (Å²) in [7, 11) is 1.69. The standard InChI is InChI=1S/C35H38F4N4O5/c1-22(2)29(40-30(44)27-19-25(35(37,38)39)11-14-28(27)36)31(45)42-17-15-34(16-18-42)33(47)41(3)21-43(34)26-12-9-24(10-13-26)32(46)48-20-23-7-5-4-6-8-23/h4-13,19,22,28-29H,14-18,20-21H2,1-3H3,(H,40,44)/t28?,29-/m1/s1. The van der Waals surface area contributed by atoms with Crippen LogP contribution >= 0.6 is 0 Å². The normalized spacial score (nSPS) is 20.0. The summed E-state index contributed by atoms with van der Waals surface area (Å²) >= 11 is 0. The molecule has 1 aliphatic carbocycles. The number of rotatable bonds is 8. The van der Waals surface area contributed by atoms with E-state index in [2.05, 4.69) is 5.32 Å². The number of nitrogens with zero attached hydrogens (tertiary/aromatic N) is 3. The number of anilines is 1. The van der Waals surface area contributed by atoms with Gasteiger partial charge in [-0.05, 0) is 54.7 Å². The number of halogens is 4. The van der Waals surface area contributed by atoms with Gasteiger partial charge in [0.05, 0.1) is 23.4 Å². The summed E-state index contributed by atoms with van der Waals surface area (Å²) in [4.78, 5) is 57.9. The summed E-state index contributed by atoms with van der Waals surface area (Å²) in [6.07, 6.45) is -5.51. The average molecular weight is 671 g/mol. The van der Waals surface area contributed by atoms with Crippen molar-refractivity contribution in [3.05, 3.63) is 89.0 Å². The van der Waals surface area contributed by atoms with Crippen LogP contribution in [0.15, 0.2) is 77.9 Å². The number of amides is 3. The lowest BCUT2D eigenvalue weighted by molar-refractivity contribution is -0.141. The predicted octanol–water partition coefficient (Wildman–Crippen LogP) is 4.94. The van der Waals surface area contributed by atoms with E-state index in [0.29, 0.717) is 30.1 Å². The molecule has 1 unspecified atom stereocenters. The number of likely N-dealkylation sites (N-methyl/N-ethyl adjacent to an activating group) is 1. The smallest absolute Gasteiger partial charge is 0.416 e. The van der Waals surface area contributed by atoms with Crippen LogP contribution in [0.2, 0.25) is 0 Å². The van der Waals surface area contributed by atoms with E-state index in [1.807, 2.05) is 35.2 Å². The third kappa shape index (κ3) is 7.09. The molecule has 48 heavy (non-hydrogen) atoms. The second-order valence-corrected chi connectivity index (χ2v) is 12.7. The Morgan fingerprint density at radius 2 is 1.67 bits per heavy atom. The van der Waals surface area contributed by atoms with Gasteiger partial charge in [0.25, 0.3) is 5.91 Å². The maximum Gasteiger partial charge on any atom is 0.416 e. The lowest BCUT2D eigenvalue weighted by Crippen LogP contribution is -2.60. The summed E-state index contributed by atoms with van der Waals surface area (Å²) in [5, 5.41) is 2.47. The van der Waals surface area contributed by atoms with Gasteiger partial charge in [-0.15, -0.1) is 0 Å². The molecule has 256 valence electrons. The van der Waals surface area contributed by atoms with Crippen LogP contribution in [0.3, 0.4) is 0 Å². The van der Waals surface area contributed by atoms with E-state index in [-0.39, 0.29) is 38.4 Å². The number of alkyl halides is 4. The fraction of sp³-hybridized carbons (Fsp3) is 0.429. The van der Waals surface area contributed by atoms with E-state index in [0.717, 1.165) is 5.56 Å². The summed E-state index contributed by atoms with van der Waals surface area (Å²) in [6.45, 7) is 4.13. The predicted molar refractivity (Wildman–Crippen MR) is 169 cm³/mol. The number of ether oxygens (including phenoxy) is 1. The number of carbonyl (C=O) groups is 4. The van der Waals surface area contributed by atoms with Gasteiger partial charge in [0.15, 0.2) is 0 Å². The van der Waals surface area contributed by atoms with Gasteiger partial charge in [-0.2, -0.15) is 13.2 Å². The molecule has 0 aromatic heterocycles. The molecular weight excluding hydrogens is 632 g/mol. The number of likely N-dealkylation sites (tertiary alicyclic amines) is 1. The molecule has 13 heteroatoms. The minimum atomic E-state index is -4.74. The quantitative estimate of drug-likeness (QED) is 0.316. The second kappa shape index (κ2) is 13.8. The van der Waals surface area contributed by atoms with E-state index in [1.54, 1.807) is 50.1 Å². The summed E-state index contributed by atoms with van der Waals surface area (Å²) in [6, 6.07) is 15.0. The molecule has 2 aromatic carbocycles. The summed E-state index contributed by atoms with van der Waals surface area (Å²) in [5.41, 5.74) is -0.796. The number of nitrogens with one attached hydrogen (secondary N) is 1. The van der Waals surface area contributed by atoms with E-state index in [4.69, 9.17) is 4.74 Å². The minimum absolute atomic E-state index is 0.110. The highest BCUT2D eigenvalue weighted by Crippen LogP contribution is 2.39. The van der Waals surface area contributed by atoms with Gasteiger partial charge in [-0.1, -0.05) is 50.3 Å². The topological polar surface area (TPSA) is 99.3 Å². The molecule has 9 nitrogen and oxygen atoms in total. The van der Waals surface area contributed by atoms with Crippen molar-refractivity contribution in [3.8, 4) is 0 Å². The van der Waals surface area contributed by atoms with Crippen molar-refractivity contribution in [2.24, 2.45) is 5.92 Å². The Morgan fingerprint density at radius 3 is 2.27 bits per heavy atom. The van der Waals surface area contributed by atoms with E-state index in [1.165, 1.54) is 4.90 Å². The fourth-order valence-corrected chi connectivity index (χ4v) is 6.39. The van der Waals surface area contributed by atoms with Crippen LogP contribution in [-0.2, 0) is 25.7 Å². The molecule has 1 spiro atoms.